The second-order valence-electron chi connectivity index (χ2n) is 6.46. The lowest BCUT2D eigenvalue weighted by molar-refractivity contribution is -0.136. The molecular weight excluding hydrogens is 400 g/mol. The molecule has 0 aliphatic heterocycles. The number of aromatic nitrogens is 1. The Hall–Kier alpha value is -2.26. The Morgan fingerprint density at radius 2 is 1.75 bits per heavy atom. The number of carboxylic acids is 1. The molecule has 0 bridgehead atoms. The molecule has 0 saturated heterocycles. The van der Waals surface area contributed by atoms with Crippen LogP contribution >= 0.6 is 23.1 Å². The average molecular weight is 425 g/mol. The van der Waals surface area contributed by atoms with Gasteiger partial charge in [0.25, 0.3) is 5.91 Å². The third kappa shape index (κ3) is 7.40. The van der Waals surface area contributed by atoms with Gasteiger partial charge in [0.15, 0.2) is 5.13 Å². The Balaban J connectivity index is 2.10. The highest BCUT2D eigenvalue weighted by Gasteiger charge is 2.14. The number of benzene rings is 1. The minimum atomic E-state index is -0.839. The Labute approximate surface area is 172 Å². The molecule has 152 valence electrons. The molecule has 2 N–H and O–H groups in total. The summed E-state index contributed by atoms with van der Waals surface area (Å²) in [6, 6.07) is 5.09. The van der Waals surface area contributed by atoms with Gasteiger partial charge in [-0.2, -0.15) is 0 Å². The van der Waals surface area contributed by atoms with Gasteiger partial charge in [0, 0.05) is 17.4 Å². The summed E-state index contributed by atoms with van der Waals surface area (Å²) in [7, 11) is 0. The van der Waals surface area contributed by atoms with Gasteiger partial charge in [-0.3, -0.25) is 14.9 Å². The number of hydrogen-bond donors (Lipinski definition) is 2. The van der Waals surface area contributed by atoms with Crippen LogP contribution in [0.4, 0.5) is 5.13 Å². The summed E-state index contributed by atoms with van der Waals surface area (Å²) in [6.45, 7) is 7.65. The van der Waals surface area contributed by atoms with E-state index in [4.69, 9.17) is 14.6 Å². The topological polar surface area (TPSA) is 97.8 Å². The van der Waals surface area contributed by atoms with Gasteiger partial charge in [0.1, 0.15) is 11.5 Å². The molecule has 0 radical (unpaired) electrons. The molecule has 0 saturated carbocycles. The molecule has 7 nitrogen and oxygen atoms in total. The van der Waals surface area contributed by atoms with E-state index >= 15 is 0 Å². The van der Waals surface area contributed by atoms with Crippen molar-refractivity contribution in [3.05, 3.63) is 30.0 Å². The summed E-state index contributed by atoms with van der Waals surface area (Å²) < 4.78 is 12.3. The first-order valence-electron chi connectivity index (χ1n) is 8.83. The molecule has 0 spiro atoms. The number of amides is 1. The SMILES string of the molecule is CC(C)Oc1cc(OC(C)C)cc(C(=O)Nc2ncc(SCCC(=O)O)s2)c1. The predicted octanol–water partition coefficient (Wildman–Crippen LogP) is 4.54. The van der Waals surface area contributed by atoms with Gasteiger partial charge in [0.2, 0.25) is 0 Å². The van der Waals surface area contributed by atoms with E-state index in [9.17, 15) is 9.59 Å². The van der Waals surface area contributed by atoms with E-state index in [1.54, 1.807) is 24.4 Å². The molecule has 2 rings (SSSR count). The van der Waals surface area contributed by atoms with Crippen molar-refractivity contribution in [1.82, 2.24) is 4.98 Å². The van der Waals surface area contributed by atoms with Gasteiger partial charge < -0.3 is 14.6 Å². The van der Waals surface area contributed by atoms with Crippen LogP contribution in [0.5, 0.6) is 11.5 Å². The lowest BCUT2D eigenvalue weighted by Gasteiger charge is -2.15. The van der Waals surface area contributed by atoms with Gasteiger partial charge in [-0.05, 0) is 39.8 Å². The smallest absolute Gasteiger partial charge is 0.304 e. The number of aliphatic carboxylic acids is 1. The normalized spacial score (nSPS) is 10.9. The Morgan fingerprint density at radius 1 is 1.14 bits per heavy atom. The lowest BCUT2D eigenvalue weighted by atomic mass is 10.2. The van der Waals surface area contributed by atoms with E-state index in [1.165, 1.54) is 23.1 Å². The zero-order valence-corrected chi connectivity index (χ0v) is 17.9. The number of carbonyl (C=O) groups is 2. The van der Waals surface area contributed by atoms with Crippen LogP contribution < -0.4 is 14.8 Å². The fourth-order valence-electron chi connectivity index (χ4n) is 2.18. The number of carbonyl (C=O) groups excluding carboxylic acids is 1. The second-order valence-corrected chi connectivity index (χ2v) is 8.88. The first-order valence-corrected chi connectivity index (χ1v) is 10.6. The summed E-state index contributed by atoms with van der Waals surface area (Å²) in [5.74, 6) is 0.410. The number of thiazole rings is 1. The third-order valence-corrected chi connectivity index (χ3v) is 5.26. The number of hydrogen-bond acceptors (Lipinski definition) is 7. The summed E-state index contributed by atoms with van der Waals surface area (Å²) in [5, 5.41) is 11.9. The van der Waals surface area contributed by atoms with Crippen molar-refractivity contribution in [3.8, 4) is 11.5 Å². The molecule has 0 unspecified atom stereocenters. The maximum atomic E-state index is 12.7. The van der Waals surface area contributed by atoms with Crippen LogP contribution in [-0.2, 0) is 4.79 Å². The fourth-order valence-corrected chi connectivity index (χ4v) is 4.05. The van der Waals surface area contributed by atoms with Gasteiger partial charge in [-0.25, -0.2) is 4.98 Å². The molecule has 0 fully saturated rings. The van der Waals surface area contributed by atoms with E-state index in [2.05, 4.69) is 10.3 Å². The number of nitrogens with one attached hydrogen (secondary N) is 1. The maximum Gasteiger partial charge on any atom is 0.304 e. The van der Waals surface area contributed by atoms with Gasteiger partial charge in [0.05, 0.1) is 29.0 Å². The predicted molar refractivity (Wildman–Crippen MR) is 111 cm³/mol. The third-order valence-electron chi connectivity index (χ3n) is 3.15. The minimum absolute atomic E-state index is 0.0328. The first-order chi connectivity index (χ1) is 13.2. The Morgan fingerprint density at radius 3 is 2.29 bits per heavy atom. The fraction of sp³-hybridized carbons (Fsp3) is 0.421. The molecule has 2 aromatic rings. The van der Waals surface area contributed by atoms with Crippen LogP contribution in [0.2, 0.25) is 0 Å². The summed E-state index contributed by atoms with van der Waals surface area (Å²) >= 11 is 2.70. The van der Waals surface area contributed by atoms with E-state index in [0.717, 1.165) is 4.21 Å². The number of ether oxygens (including phenoxy) is 2. The highest BCUT2D eigenvalue weighted by Crippen LogP contribution is 2.30. The molecule has 1 amide bonds. The Kier molecular flexibility index (Phi) is 8.13. The van der Waals surface area contributed by atoms with Crippen molar-refractivity contribution in [2.75, 3.05) is 11.1 Å². The van der Waals surface area contributed by atoms with Gasteiger partial charge >= 0.3 is 5.97 Å². The largest absolute Gasteiger partial charge is 0.491 e. The molecule has 1 aromatic carbocycles. The number of anilines is 1. The molecule has 9 heteroatoms. The van der Waals surface area contributed by atoms with Crippen LogP contribution in [0.1, 0.15) is 44.5 Å². The quantitative estimate of drug-likeness (QED) is 0.541. The first kappa shape index (κ1) is 22.0. The highest BCUT2D eigenvalue weighted by atomic mass is 32.2. The van der Waals surface area contributed by atoms with Crippen molar-refractivity contribution in [3.63, 3.8) is 0 Å². The zero-order valence-electron chi connectivity index (χ0n) is 16.2. The van der Waals surface area contributed by atoms with E-state index in [1.807, 2.05) is 27.7 Å². The maximum absolute atomic E-state index is 12.7. The summed E-state index contributed by atoms with van der Waals surface area (Å²) in [4.78, 5) is 27.4. The monoisotopic (exact) mass is 424 g/mol. The van der Waals surface area contributed by atoms with Crippen LogP contribution in [0.3, 0.4) is 0 Å². The molecule has 1 aromatic heterocycles. The van der Waals surface area contributed by atoms with E-state index in [-0.39, 0.29) is 24.5 Å². The van der Waals surface area contributed by atoms with Gasteiger partial charge in [-0.1, -0.05) is 11.3 Å². The average Bonchev–Trinajstić information content (AvgIpc) is 3.00. The summed E-state index contributed by atoms with van der Waals surface area (Å²) in [5.41, 5.74) is 0.407. The number of carboxylic acid groups (broad SMARTS) is 1. The number of rotatable bonds is 10. The Bertz CT molecular complexity index is 792. The van der Waals surface area contributed by atoms with Crippen LogP contribution in [-0.4, -0.2) is 39.9 Å². The highest BCUT2D eigenvalue weighted by molar-refractivity contribution is 8.01. The van der Waals surface area contributed by atoms with E-state index < -0.39 is 5.97 Å². The van der Waals surface area contributed by atoms with Crippen molar-refractivity contribution in [1.29, 1.82) is 0 Å². The van der Waals surface area contributed by atoms with Crippen LogP contribution in [0.15, 0.2) is 28.6 Å². The standard InChI is InChI=1S/C19H24N2O5S2/c1-11(2)25-14-7-13(8-15(9-14)26-12(3)4)18(24)21-19-20-10-17(28-19)27-6-5-16(22)23/h7-12H,5-6H2,1-4H3,(H,22,23)(H,20,21,24). The summed E-state index contributed by atoms with van der Waals surface area (Å²) in [6.07, 6.45) is 1.63. The molecule has 0 aliphatic carbocycles. The van der Waals surface area contributed by atoms with Crippen LogP contribution in [0.25, 0.3) is 0 Å². The van der Waals surface area contributed by atoms with Crippen molar-refractivity contribution in [2.24, 2.45) is 0 Å². The van der Waals surface area contributed by atoms with Crippen molar-refractivity contribution in [2.45, 2.75) is 50.5 Å². The molecule has 1 heterocycles. The molecule has 28 heavy (non-hydrogen) atoms. The van der Waals surface area contributed by atoms with E-state index in [0.29, 0.717) is 27.9 Å². The second kappa shape index (κ2) is 10.3. The molecule has 0 atom stereocenters. The van der Waals surface area contributed by atoms with Crippen LogP contribution in [0, 0.1) is 0 Å². The minimum Gasteiger partial charge on any atom is -0.491 e. The number of nitrogens with zero attached hydrogens (tertiary/aromatic N) is 1. The van der Waals surface area contributed by atoms with Crippen molar-refractivity contribution >= 4 is 40.1 Å². The number of thioether (sulfide) groups is 1. The van der Waals surface area contributed by atoms with Gasteiger partial charge in [-0.15, -0.1) is 11.8 Å². The lowest BCUT2D eigenvalue weighted by Crippen LogP contribution is -2.14. The zero-order chi connectivity index (χ0) is 20.7. The van der Waals surface area contributed by atoms with Crippen molar-refractivity contribution < 1.29 is 24.2 Å². The molecular formula is C19H24N2O5S2. The molecule has 0 aliphatic rings.